The van der Waals surface area contributed by atoms with Crippen LogP contribution in [0, 0.1) is 0 Å². The fourth-order valence-electron chi connectivity index (χ4n) is 2.24. The van der Waals surface area contributed by atoms with Gasteiger partial charge in [0, 0.05) is 18.8 Å². The number of hydrogen-bond donors (Lipinski definition) is 3. The average Bonchev–Trinajstić information content (AvgIpc) is 2.89. The quantitative estimate of drug-likeness (QED) is 0.316. The third-order valence-corrected chi connectivity index (χ3v) is 3.18. The summed E-state index contributed by atoms with van der Waals surface area (Å²) in [7, 11) is 0. The van der Waals surface area contributed by atoms with Crippen molar-refractivity contribution in [2.75, 3.05) is 0 Å². The van der Waals surface area contributed by atoms with E-state index in [1.165, 1.54) is 25.7 Å². The number of aromatic nitrogens is 1. The van der Waals surface area contributed by atoms with Gasteiger partial charge in [-0.1, -0.05) is 24.1 Å². The van der Waals surface area contributed by atoms with Crippen LogP contribution >= 0.6 is 0 Å². The van der Waals surface area contributed by atoms with Gasteiger partial charge < -0.3 is 16.3 Å². The molecule has 0 radical (unpaired) electrons. The normalized spacial score (nSPS) is 17.5. The van der Waals surface area contributed by atoms with E-state index in [4.69, 9.17) is 10.9 Å². The predicted molar refractivity (Wildman–Crippen MR) is 65.8 cm³/mol. The van der Waals surface area contributed by atoms with Crippen molar-refractivity contribution in [1.29, 1.82) is 0 Å². The number of pyridine rings is 1. The maximum absolute atomic E-state index is 8.69. The topological polar surface area (TPSA) is 83.5 Å². The summed E-state index contributed by atoms with van der Waals surface area (Å²) in [4.78, 5) is 4.14. The van der Waals surface area contributed by atoms with Crippen LogP contribution < -0.4 is 11.1 Å². The average molecular weight is 234 g/mol. The molecule has 5 heteroatoms. The summed E-state index contributed by atoms with van der Waals surface area (Å²) in [6.07, 6.45) is 6.72. The number of oxime groups is 1. The summed E-state index contributed by atoms with van der Waals surface area (Å²) < 4.78 is 0. The van der Waals surface area contributed by atoms with Crippen molar-refractivity contribution < 1.29 is 5.21 Å². The lowest BCUT2D eigenvalue weighted by atomic mass is 10.1. The molecule has 1 aliphatic rings. The molecular weight excluding hydrogens is 216 g/mol. The fourth-order valence-corrected chi connectivity index (χ4v) is 2.24. The van der Waals surface area contributed by atoms with Gasteiger partial charge >= 0.3 is 0 Å². The smallest absolute Gasteiger partial charge is 0.189 e. The Balaban J connectivity index is 2.04. The molecule has 1 heterocycles. The van der Waals surface area contributed by atoms with Gasteiger partial charge in [-0.05, 0) is 24.5 Å². The number of rotatable bonds is 4. The molecule has 1 saturated carbocycles. The summed E-state index contributed by atoms with van der Waals surface area (Å²) in [5.41, 5.74) is 7.11. The van der Waals surface area contributed by atoms with E-state index in [9.17, 15) is 0 Å². The van der Waals surface area contributed by atoms with E-state index in [-0.39, 0.29) is 5.84 Å². The molecule has 17 heavy (non-hydrogen) atoms. The first-order chi connectivity index (χ1) is 8.31. The van der Waals surface area contributed by atoms with E-state index in [1.807, 2.05) is 12.1 Å². The van der Waals surface area contributed by atoms with Gasteiger partial charge in [0.1, 0.15) is 5.69 Å². The maximum atomic E-state index is 8.69. The predicted octanol–water partition coefficient (Wildman–Crippen LogP) is 1.21. The minimum Gasteiger partial charge on any atom is -0.409 e. The van der Waals surface area contributed by atoms with E-state index >= 15 is 0 Å². The number of amidine groups is 1. The van der Waals surface area contributed by atoms with Crippen LogP contribution in [0.25, 0.3) is 0 Å². The Morgan fingerprint density at radius 2 is 2.29 bits per heavy atom. The van der Waals surface area contributed by atoms with Crippen molar-refractivity contribution in [1.82, 2.24) is 10.3 Å². The molecule has 1 aliphatic carbocycles. The number of hydrogen-bond acceptors (Lipinski definition) is 4. The van der Waals surface area contributed by atoms with Crippen molar-refractivity contribution in [2.24, 2.45) is 10.9 Å². The van der Waals surface area contributed by atoms with Crippen LogP contribution in [0.3, 0.4) is 0 Å². The van der Waals surface area contributed by atoms with Crippen molar-refractivity contribution in [3.05, 3.63) is 29.6 Å². The number of nitrogens with two attached hydrogens (primary N) is 1. The Bertz CT molecular complexity index is 399. The van der Waals surface area contributed by atoms with E-state index in [1.54, 1.807) is 6.20 Å². The summed E-state index contributed by atoms with van der Waals surface area (Å²) in [5.74, 6) is 0.0637. The van der Waals surface area contributed by atoms with E-state index in [0.29, 0.717) is 18.3 Å². The molecule has 0 bridgehead atoms. The lowest BCUT2D eigenvalue weighted by molar-refractivity contribution is 0.318. The number of nitrogens with one attached hydrogen (secondary N) is 1. The summed E-state index contributed by atoms with van der Waals surface area (Å²) in [6, 6.07) is 4.40. The van der Waals surface area contributed by atoms with Crippen LogP contribution in [0.15, 0.2) is 23.5 Å². The third-order valence-electron chi connectivity index (χ3n) is 3.18. The Kier molecular flexibility index (Phi) is 3.93. The van der Waals surface area contributed by atoms with Crippen LogP contribution in [0.2, 0.25) is 0 Å². The first kappa shape index (κ1) is 11.9. The molecule has 2 rings (SSSR count). The highest BCUT2D eigenvalue weighted by atomic mass is 16.4. The van der Waals surface area contributed by atoms with Crippen LogP contribution in [-0.2, 0) is 6.54 Å². The molecule has 0 aromatic carbocycles. The van der Waals surface area contributed by atoms with Gasteiger partial charge in [-0.15, -0.1) is 0 Å². The zero-order valence-corrected chi connectivity index (χ0v) is 9.76. The highest BCUT2D eigenvalue weighted by molar-refractivity contribution is 5.96. The van der Waals surface area contributed by atoms with Crippen LogP contribution in [-0.4, -0.2) is 22.1 Å². The van der Waals surface area contributed by atoms with Gasteiger partial charge in [0.15, 0.2) is 5.84 Å². The summed E-state index contributed by atoms with van der Waals surface area (Å²) >= 11 is 0. The molecule has 0 aliphatic heterocycles. The van der Waals surface area contributed by atoms with Crippen molar-refractivity contribution in [3.8, 4) is 0 Å². The molecule has 0 spiro atoms. The molecule has 0 saturated heterocycles. The molecule has 0 atom stereocenters. The molecule has 0 unspecified atom stereocenters. The largest absolute Gasteiger partial charge is 0.409 e. The Morgan fingerprint density at radius 1 is 1.53 bits per heavy atom. The second-order valence-electron chi connectivity index (χ2n) is 4.36. The van der Waals surface area contributed by atoms with Gasteiger partial charge in [-0.3, -0.25) is 4.98 Å². The third kappa shape index (κ3) is 2.94. The molecule has 1 aromatic rings. The standard InChI is InChI=1S/C12H18N4O/c13-12(16-17)11-9(4-3-7-14-11)8-15-10-5-1-2-6-10/h3-4,7,10,15,17H,1-2,5-6,8H2,(H2,13,16). The first-order valence-electron chi connectivity index (χ1n) is 5.96. The van der Waals surface area contributed by atoms with Crippen LogP contribution in [0.4, 0.5) is 0 Å². The van der Waals surface area contributed by atoms with Crippen molar-refractivity contribution >= 4 is 5.84 Å². The van der Waals surface area contributed by atoms with Crippen LogP contribution in [0.1, 0.15) is 36.9 Å². The lowest BCUT2D eigenvalue weighted by Gasteiger charge is -2.13. The maximum Gasteiger partial charge on any atom is 0.189 e. The molecule has 92 valence electrons. The lowest BCUT2D eigenvalue weighted by Crippen LogP contribution is -2.27. The van der Waals surface area contributed by atoms with E-state index in [0.717, 1.165) is 5.56 Å². The summed E-state index contributed by atoms with van der Waals surface area (Å²) in [5, 5.41) is 15.2. The second-order valence-corrected chi connectivity index (χ2v) is 4.36. The van der Waals surface area contributed by atoms with Gasteiger partial charge in [0.2, 0.25) is 0 Å². The van der Waals surface area contributed by atoms with Gasteiger partial charge in [-0.2, -0.15) is 0 Å². The van der Waals surface area contributed by atoms with Crippen LogP contribution in [0.5, 0.6) is 0 Å². The Labute approximate surface area is 101 Å². The summed E-state index contributed by atoms with van der Waals surface area (Å²) in [6.45, 7) is 0.712. The minimum absolute atomic E-state index is 0.0637. The van der Waals surface area contributed by atoms with E-state index in [2.05, 4.69) is 15.5 Å². The Hall–Kier alpha value is -1.62. The van der Waals surface area contributed by atoms with E-state index < -0.39 is 0 Å². The van der Waals surface area contributed by atoms with Gasteiger partial charge in [-0.25, -0.2) is 0 Å². The SMILES string of the molecule is NC(=NO)c1ncccc1CNC1CCCC1. The zero-order valence-electron chi connectivity index (χ0n) is 9.76. The van der Waals surface area contributed by atoms with Gasteiger partial charge in [0.05, 0.1) is 0 Å². The highest BCUT2D eigenvalue weighted by Gasteiger charge is 2.15. The molecule has 1 fully saturated rings. The highest BCUT2D eigenvalue weighted by Crippen LogP contribution is 2.18. The molecular formula is C12H18N4O. The zero-order chi connectivity index (χ0) is 12.1. The molecule has 0 amide bonds. The number of nitrogens with zero attached hydrogens (tertiary/aromatic N) is 2. The monoisotopic (exact) mass is 234 g/mol. The van der Waals surface area contributed by atoms with Crippen molar-refractivity contribution in [3.63, 3.8) is 0 Å². The first-order valence-corrected chi connectivity index (χ1v) is 5.96. The molecule has 4 N–H and O–H groups in total. The van der Waals surface area contributed by atoms with Crippen molar-refractivity contribution in [2.45, 2.75) is 38.3 Å². The minimum atomic E-state index is 0.0637. The molecule has 5 nitrogen and oxygen atoms in total. The fraction of sp³-hybridized carbons (Fsp3) is 0.500. The second kappa shape index (κ2) is 5.63. The Morgan fingerprint density at radius 3 is 3.00 bits per heavy atom. The molecule has 1 aromatic heterocycles. The van der Waals surface area contributed by atoms with Gasteiger partial charge in [0.25, 0.3) is 0 Å².